The number of benzene rings is 1. The van der Waals surface area contributed by atoms with Crippen molar-refractivity contribution in [3.05, 3.63) is 29.3 Å². The van der Waals surface area contributed by atoms with Crippen molar-refractivity contribution in [2.75, 3.05) is 0 Å². The average molecular weight is 213 g/mol. The first-order valence-electron chi connectivity index (χ1n) is 4.34. The van der Waals surface area contributed by atoms with Crippen molar-refractivity contribution in [1.82, 2.24) is 0 Å². The summed E-state index contributed by atoms with van der Waals surface area (Å²) in [5.41, 5.74) is 7.69. The third-order valence-electron chi connectivity index (χ3n) is 2.54. The minimum Gasteiger partial charge on any atom is -0.324 e. The zero-order chi connectivity index (χ0) is 10.3. The van der Waals surface area contributed by atoms with Crippen LogP contribution in [-0.4, -0.2) is 13.0 Å². The monoisotopic (exact) mass is 213 g/mol. The lowest BCUT2D eigenvalue weighted by Crippen LogP contribution is -2.06. The Labute approximate surface area is 82.5 Å². The van der Waals surface area contributed by atoms with Gasteiger partial charge in [-0.2, -0.15) is 8.42 Å². The molecular weight excluding hydrogens is 202 g/mol. The Morgan fingerprint density at radius 3 is 2.79 bits per heavy atom. The summed E-state index contributed by atoms with van der Waals surface area (Å²) in [5.74, 6) is 0. The van der Waals surface area contributed by atoms with E-state index >= 15 is 0 Å². The fourth-order valence-electron chi connectivity index (χ4n) is 1.77. The molecule has 0 amide bonds. The van der Waals surface area contributed by atoms with Gasteiger partial charge in [0.15, 0.2) is 0 Å². The van der Waals surface area contributed by atoms with Crippen molar-refractivity contribution in [3.63, 3.8) is 0 Å². The van der Waals surface area contributed by atoms with Gasteiger partial charge in [-0.15, -0.1) is 0 Å². The van der Waals surface area contributed by atoms with Gasteiger partial charge < -0.3 is 5.73 Å². The Balaban J connectivity index is 2.56. The lowest BCUT2D eigenvalue weighted by Gasteiger charge is -2.05. The standard InChI is InChI=1S/C9H11NO3S/c10-9-4-2-6-1-3-7(5-8(6)9)14(11,12)13/h1,3,5,9H,2,4,10H2,(H,11,12,13). The summed E-state index contributed by atoms with van der Waals surface area (Å²) < 4.78 is 30.5. The third-order valence-corrected chi connectivity index (χ3v) is 3.39. The summed E-state index contributed by atoms with van der Waals surface area (Å²) in [4.78, 5) is -0.0754. The quantitative estimate of drug-likeness (QED) is 0.678. The Hall–Kier alpha value is -0.910. The predicted octanol–water partition coefficient (Wildman–Crippen LogP) is 0.879. The second kappa shape index (κ2) is 3.05. The molecule has 2 rings (SSSR count). The average Bonchev–Trinajstić information content (AvgIpc) is 2.46. The molecule has 0 heterocycles. The molecule has 1 aromatic rings. The van der Waals surface area contributed by atoms with E-state index in [-0.39, 0.29) is 10.9 Å². The summed E-state index contributed by atoms with van der Waals surface area (Å²) in [6.45, 7) is 0. The predicted molar refractivity (Wildman–Crippen MR) is 51.5 cm³/mol. The van der Waals surface area contributed by atoms with Gasteiger partial charge in [-0.1, -0.05) is 6.07 Å². The molecule has 1 aliphatic rings. The van der Waals surface area contributed by atoms with Gasteiger partial charge in [0, 0.05) is 6.04 Å². The van der Waals surface area contributed by atoms with Crippen LogP contribution in [0.2, 0.25) is 0 Å². The first-order chi connectivity index (χ1) is 6.48. The molecule has 5 heteroatoms. The van der Waals surface area contributed by atoms with Crippen LogP contribution in [0, 0.1) is 0 Å². The van der Waals surface area contributed by atoms with Gasteiger partial charge in [0.05, 0.1) is 4.90 Å². The van der Waals surface area contributed by atoms with E-state index in [4.69, 9.17) is 10.3 Å². The largest absolute Gasteiger partial charge is 0.324 e. The number of hydrogen-bond donors (Lipinski definition) is 2. The van der Waals surface area contributed by atoms with Crippen LogP contribution in [0.5, 0.6) is 0 Å². The highest BCUT2D eigenvalue weighted by atomic mass is 32.2. The molecular formula is C9H11NO3S. The Morgan fingerprint density at radius 1 is 1.43 bits per heavy atom. The molecule has 14 heavy (non-hydrogen) atoms. The molecule has 0 fully saturated rings. The van der Waals surface area contributed by atoms with Gasteiger partial charge >= 0.3 is 0 Å². The number of nitrogens with two attached hydrogens (primary N) is 1. The van der Waals surface area contributed by atoms with Crippen LogP contribution in [0.25, 0.3) is 0 Å². The molecule has 4 nitrogen and oxygen atoms in total. The van der Waals surface area contributed by atoms with Crippen LogP contribution in [0.15, 0.2) is 23.1 Å². The molecule has 1 aromatic carbocycles. The molecule has 0 spiro atoms. The molecule has 0 aromatic heterocycles. The maximum atomic E-state index is 10.9. The van der Waals surface area contributed by atoms with Crippen molar-refractivity contribution in [2.24, 2.45) is 5.73 Å². The second-order valence-corrected chi connectivity index (χ2v) is 4.90. The van der Waals surface area contributed by atoms with E-state index in [1.807, 2.05) is 0 Å². The molecule has 3 N–H and O–H groups in total. The number of rotatable bonds is 1. The van der Waals surface area contributed by atoms with E-state index in [0.717, 1.165) is 24.0 Å². The minimum atomic E-state index is -4.10. The highest BCUT2D eigenvalue weighted by Gasteiger charge is 2.21. The van der Waals surface area contributed by atoms with E-state index in [1.165, 1.54) is 12.1 Å². The fraction of sp³-hybridized carbons (Fsp3) is 0.333. The normalized spacial score (nSPS) is 20.9. The molecule has 0 saturated carbocycles. The van der Waals surface area contributed by atoms with E-state index in [0.29, 0.717) is 0 Å². The zero-order valence-corrected chi connectivity index (χ0v) is 8.29. The maximum Gasteiger partial charge on any atom is 0.294 e. The van der Waals surface area contributed by atoms with Gasteiger partial charge in [-0.3, -0.25) is 4.55 Å². The molecule has 76 valence electrons. The molecule has 1 aliphatic carbocycles. The first-order valence-corrected chi connectivity index (χ1v) is 5.78. The molecule has 0 radical (unpaired) electrons. The number of hydrogen-bond acceptors (Lipinski definition) is 3. The van der Waals surface area contributed by atoms with E-state index in [9.17, 15) is 8.42 Å². The minimum absolute atomic E-state index is 0.0754. The highest BCUT2D eigenvalue weighted by Crippen LogP contribution is 2.30. The lowest BCUT2D eigenvalue weighted by molar-refractivity contribution is 0.483. The Morgan fingerprint density at radius 2 is 2.14 bits per heavy atom. The molecule has 0 bridgehead atoms. The van der Waals surface area contributed by atoms with Gasteiger partial charge in [-0.25, -0.2) is 0 Å². The maximum absolute atomic E-state index is 10.9. The van der Waals surface area contributed by atoms with Crippen molar-refractivity contribution in [3.8, 4) is 0 Å². The number of fused-ring (bicyclic) bond motifs is 1. The molecule has 1 atom stereocenters. The van der Waals surface area contributed by atoms with Crippen LogP contribution in [0.1, 0.15) is 23.6 Å². The third kappa shape index (κ3) is 1.54. The van der Waals surface area contributed by atoms with Crippen molar-refractivity contribution >= 4 is 10.1 Å². The molecule has 0 aliphatic heterocycles. The van der Waals surface area contributed by atoms with Crippen LogP contribution in [0.4, 0.5) is 0 Å². The second-order valence-electron chi connectivity index (χ2n) is 3.48. The topological polar surface area (TPSA) is 80.4 Å². The molecule has 0 saturated heterocycles. The summed E-state index contributed by atoms with van der Waals surface area (Å²) >= 11 is 0. The summed E-state index contributed by atoms with van der Waals surface area (Å²) in [6, 6.07) is 4.48. The van der Waals surface area contributed by atoms with Crippen LogP contribution < -0.4 is 5.73 Å². The summed E-state index contributed by atoms with van der Waals surface area (Å²) in [5, 5.41) is 0. The van der Waals surface area contributed by atoms with E-state index < -0.39 is 10.1 Å². The van der Waals surface area contributed by atoms with Crippen LogP contribution in [-0.2, 0) is 16.5 Å². The molecule has 1 unspecified atom stereocenters. The highest BCUT2D eigenvalue weighted by molar-refractivity contribution is 7.85. The lowest BCUT2D eigenvalue weighted by atomic mass is 10.1. The summed E-state index contributed by atoms with van der Waals surface area (Å²) in [7, 11) is -4.10. The summed E-state index contributed by atoms with van der Waals surface area (Å²) in [6.07, 6.45) is 1.71. The number of aryl methyl sites for hydroxylation is 1. The van der Waals surface area contributed by atoms with Gasteiger partial charge in [0.1, 0.15) is 0 Å². The Bertz CT molecular complexity index is 467. The first kappa shape index (κ1) is 9.64. The SMILES string of the molecule is NC1CCc2ccc(S(=O)(=O)O)cc21. The van der Waals surface area contributed by atoms with Crippen LogP contribution >= 0.6 is 0 Å². The van der Waals surface area contributed by atoms with E-state index in [1.54, 1.807) is 6.07 Å². The Kier molecular flexibility index (Phi) is 2.10. The fourth-order valence-corrected chi connectivity index (χ4v) is 2.29. The van der Waals surface area contributed by atoms with Crippen molar-refractivity contribution in [1.29, 1.82) is 0 Å². The van der Waals surface area contributed by atoms with Gasteiger partial charge in [-0.05, 0) is 36.1 Å². The van der Waals surface area contributed by atoms with Crippen molar-refractivity contribution in [2.45, 2.75) is 23.8 Å². The van der Waals surface area contributed by atoms with Crippen molar-refractivity contribution < 1.29 is 13.0 Å². The van der Waals surface area contributed by atoms with Gasteiger partial charge in [0.2, 0.25) is 0 Å². The van der Waals surface area contributed by atoms with E-state index in [2.05, 4.69) is 0 Å². The van der Waals surface area contributed by atoms with Gasteiger partial charge in [0.25, 0.3) is 10.1 Å². The zero-order valence-electron chi connectivity index (χ0n) is 7.47. The smallest absolute Gasteiger partial charge is 0.294 e. The van der Waals surface area contributed by atoms with Crippen LogP contribution in [0.3, 0.4) is 0 Å².